The number of alkyl halides is 3. The van der Waals surface area contributed by atoms with E-state index in [4.69, 9.17) is 5.73 Å². The van der Waals surface area contributed by atoms with Gasteiger partial charge < -0.3 is 10.6 Å². The number of imidazole rings is 1. The first-order valence-corrected chi connectivity index (χ1v) is 9.03. The number of primary amides is 1. The summed E-state index contributed by atoms with van der Waals surface area (Å²) in [7, 11) is 0. The van der Waals surface area contributed by atoms with Gasteiger partial charge in [-0.15, -0.1) is 0 Å². The maximum absolute atomic E-state index is 13.0. The van der Waals surface area contributed by atoms with Gasteiger partial charge in [0.2, 0.25) is 0 Å². The smallest absolute Gasteiger partial charge is 0.354 e. The molecule has 4 rings (SSSR count). The van der Waals surface area contributed by atoms with Crippen molar-refractivity contribution in [1.29, 1.82) is 0 Å². The molecule has 1 saturated heterocycles. The number of hydrogen-bond acceptors (Lipinski definition) is 3. The Morgan fingerprint density at radius 1 is 1.11 bits per heavy atom. The molecular weight excluding hydrogens is 369 g/mol. The first-order valence-electron chi connectivity index (χ1n) is 9.03. The van der Waals surface area contributed by atoms with Crippen LogP contribution in [0.3, 0.4) is 0 Å². The normalized spacial score (nSPS) is 16.5. The van der Waals surface area contributed by atoms with Crippen molar-refractivity contribution in [2.24, 2.45) is 5.73 Å². The van der Waals surface area contributed by atoms with Crippen LogP contribution in [0.2, 0.25) is 0 Å². The zero-order chi connectivity index (χ0) is 19.9. The van der Waals surface area contributed by atoms with Gasteiger partial charge in [0, 0.05) is 13.0 Å². The van der Waals surface area contributed by atoms with E-state index in [0.717, 1.165) is 12.8 Å². The summed E-state index contributed by atoms with van der Waals surface area (Å²) in [6.07, 6.45) is -2.25. The molecule has 1 aliphatic heterocycles. The Morgan fingerprint density at radius 2 is 1.86 bits per heavy atom. The van der Waals surface area contributed by atoms with Gasteiger partial charge in [0.1, 0.15) is 17.4 Å². The highest BCUT2D eigenvalue weighted by molar-refractivity contribution is 5.96. The zero-order valence-electron chi connectivity index (χ0n) is 15.0. The van der Waals surface area contributed by atoms with Crippen LogP contribution in [0.25, 0.3) is 11.0 Å². The number of halogens is 3. The van der Waals surface area contributed by atoms with Crippen LogP contribution in [0.15, 0.2) is 48.5 Å². The molecular formula is C20H19F3N4O. The lowest BCUT2D eigenvalue weighted by molar-refractivity contribution is -0.125. The van der Waals surface area contributed by atoms with E-state index in [1.807, 2.05) is 30.3 Å². The van der Waals surface area contributed by atoms with Gasteiger partial charge in [0.15, 0.2) is 0 Å². The molecule has 0 aliphatic carbocycles. The second kappa shape index (κ2) is 6.85. The molecule has 0 saturated carbocycles. The fourth-order valence-electron chi connectivity index (χ4n) is 3.56. The van der Waals surface area contributed by atoms with Crippen LogP contribution >= 0.6 is 0 Å². The maximum Gasteiger partial charge on any atom is 0.410 e. The zero-order valence-corrected chi connectivity index (χ0v) is 15.0. The van der Waals surface area contributed by atoms with Gasteiger partial charge in [0.25, 0.3) is 0 Å². The summed E-state index contributed by atoms with van der Waals surface area (Å²) < 4.78 is 40.2. The van der Waals surface area contributed by atoms with Crippen molar-refractivity contribution in [3.63, 3.8) is 0 Å². The molecule has 2 aromatic carbocycles. The van der Waals surface area contributed by atoms with Crippen LogP contribution < -0.4 is 10.6 Å². The highest BCUT2D eigenvalue weighted by Gasteiger charge is 2.55. The predicted molar refractivity (Wildman–Crippen MR) is 100 cm³/mol. The molecule has 2 N–H and O–H groups in total. The molecule has 0 spiro atoms. The molecule has 1 atom stereocenters. The number of para-hydroxylation sites is 1. The van der Waals surface area contributed by atoms with E-state index >= 15 is 0 Å². The third kappa shape index (κ3) is 3.42. The Kier molecular flexibility index (Phi) is 4.49. The van der Waals surface area contributed by atoms with Crippen molar-refractivity contribution in [3.8, 4) is 0 Å². The number of nitrogens with zero attached hydrogens (tertiary/aromatic N) is 3. The number of anilines is 1. The lowest BCUT2D eigenvalue weighted by Gasteiger charge is -2.09. The minimum Gasteiger partial charge on any atom is -0.354 e. The van der Waals surface area contributed by atoms with Crippen molar-refractivity contribution >= 4 is 22.8 Å². The molecule has 5 nitrogen and oxygen atoms in total. The Bertz CT molecular complexity index is 1010. The van der Waals surface area contributed by atoms with E-state index in [9.17, 15) is 18.0 Å². The van der Waals surface area contributed by atoms with Crippen LogP contribution in [0.1, 0.15) is 17.8 Å². The number of rotatable bonds is 5. The average molecular weight is 388 g/mol. The molecule has 28 heavy (non-hydrogen) atoms. The number of benzene rings is 2. The quantitative estimate of drug-likeness (QED) is 0.675. The number of fused-ring (bicyclic) bond motifs is 1. The molecule has 1 aliphatic rings. The van der Waals surface area contributed by atoms with Gasteiger partial charge in [-0.3, -0.25) is 0 Å². The highest BCUT2D eigenvalue weighted by Crippen LogP contribution is 2.41. The van der Waals surface area contributed by atoms with Gasteiger partial charge in [0.05, 0.1) is 11.2 Å². The molecule has 1 unspecified atom stereocenters. The summed E-state index contributed by atoms with van der Waals surface area (Å²) in [5.41, 5.74) is 7.90. The molecule has 3 aromatic rings. The van der Waals surface area contributed by atoms with Crippen molar-refractivity contribution < 1.29 is 18.0 Å². The summed E-state index contributed by atoms with van der Waals surface area (Å²) in [6, 6.07) is 12.6. The minimum atomic E-state index is -4.28. The van der Waals surface area contributed by atoms with Crippen LogP contribution in [-0.4, -0.2) is 34.3 Å². The Labute approximate surface area is 159 Å². The number of aromatic nitrogens is 2. The number of hydrogen-bond donors (Lipinski definition) is 1. The lowest BCUT2D eigenvalue weighted by atomic mass is 10.1. The SMILES string of the molecule is NC(=O)n1c(CCCc2ccccc2)nc2c(N3CC3C(F)(F)F)cccc21. The molecule has 0 bridgehead atoms. The number of nitrogens with two attached hydrogens (primary N) is 1. The third-order valence-corrected chi connectivity index (χ3v) is 4.96. The number of aryl methyl sites for hydroxylation is 2. The Hall–Kier alpha value is -3.03. The summed E-state index contributed by atoms with van der Waals surface area (Å²) in [6.45, 7) is -0.102. The molecule has 1 aromatic heterocycles. The van der Waals surface area contributed by atoms with E-state index in [2.05, 4.69) is 4.98 Å². The van der Waals surface area contributed by atoms with Gasteiger partial charge in [-0.1, -0.05) is 36.4 Å². The van der Waals surface area contributed by atoms with Gasteiger partial charge >= 0.3 is 12.2 Å². The van der Waals surface area contributed by atoms with Gasteiger partial charge in [-0.05, 0) is 30.5 Å². The standard InChI is InChI=1S/C20H19F3N4O/c21-20(22,23)16-12-26(16)14-9-5-10-15-18(14)25-17(27(15)19(24)28)11-4-8-13-6-2-1-3-7-13/h1-3,5-7,9-10,16H,4,8,11-12H2,(H2,24,28). The Morgan fingerprint density at radius 3 is 2.50 bits per heavy atom. The second-order valence-corrected chi connectivity index (χ2v) is 6.90. The van der Waals surface area contributed by atoms with Crippen LogP contribution in [0.4, 0.5) is 23.7 Å². The third-order valence-electron chi connectivity index (χ3n) is 4.96. The van der Waals surface area contributed by atoms with E-state index in [0.29, 0.717) is 29.0 Å². The molecule has 0 radical (unpaired) electrons. The first kappa shape index (κ1) is 18.3. The average Bonchev–Trinajstić information content (AvgIpc) is 3.37. The van der Waals surface area contributed by atoms with Crippen molar-refractivity contribution in [2.45, 2.75) is 31.5 Å². The van der Waals surface area contributed by atoms with Crippen LogP contribution in [0, 0.1) is 0 Å². The summed E-state index contributed by atoms with van der Waals surface area (Å²) in [5, 5.41) is 0. The maximum atomic E-state index is 13.0. The van der Waals surface area contributed by atoms with E-state index in [1.165, 1.54) is 15.0 Å². The van der Waals surface area contributed by atoms with E-state index < -0.39 is 18.2 Å². The predicted octanol–water partition coefficient (Wildman–Crippen LogP) is 3.89. The van der Waals surface area contributed by atoms with Gasteiger partial charge in [-0.25, -0.2) is 14.3 Å². The molecule has 2 heterocycles. The second-order valence-electron chi connectivity index (χ2n) is 6.90. The van der Waals surface area contributed by atoms with Crippen molar-refractivity contribution in [2.75, 3.05) is 11.4 Å². The first-order chi connectivity index (χ1) is 13.4. The largest absolute Gasteiger partial charge is 0.410 e. The number of amides is 1. The van der Waals surface area contributed by atoms with Crippen molar-refractivity contribution in [1.82, 2.24) is 9.55 Å². The van der Waals surface area contributed by atoms with Crippen LogP contribution in [-0.2, 0) is 12.8 Å². The fourth-order valence-corrected chi connectivity index (χ4v) is 3.56. The number of carbonyl (C=O) groups is 1. The van der Waals surface area contributed by atoms with E-state index in [-0.39, 0.29) is 6.54 Å². The van der Waals surface area contributed by atoms with Crippen molar-refractivity contribution in [3.05, 3.63) is 59.9 Å². The Balaban J connectivity index is 1.63. The topological polar surface area (TPSA) is 63.9 Å². The summed E-state index contributed by atoms with van der Waals surface area (Å²) in [4.78, 5) is 17.7. The van der Waals surface area contributed by atoms with Gasteiger partial charge in [-0.2, -0.15) is 13.2 Å². The summed E-state index contributed by atoms with van der Waals surface area (Å²) >= 11 is 0. The monoisotopic (exact) mass is 388 g/mol. The molecule has 1 amide bonds. The lowest BCUT2D eigenvalue weighted by Crippen LogP contribution is -2.22. The molecule has 1 fully saturated rings. The fraction of sp³-hybridized carbons (Fsp3) is 0.300. The molecule has 146 valence electrons. The highest BCUT2D eigenvalue weighted by atomic mass is 19.4. The minimum absolute atomic E-state index is 0.102. The summed E-state index contributed by atoms with van der Waals surface area (Å²) in [5.74, 6) is 0.469. The number of carbonyl (C=O) groups excluding carboxylic acids is 1. The van der Waals surface area contributed by atoms with E-state index in [1.54, 1.807) is 18.2 Å². The van der Waals surface area contributed by atoms with Crippen LogP contribution in [0.5, 0.6) is 0 Å². The molecule has 8 heteroatoms.